The van der Waals surface area contributed by atoms with Crippen molar-refractivity contribution < 1.29 is 9.13 Å². The molecule has 0 fully saturated rings. The molecule has 106 valence electrons. The van der Waals surface area contributed by atoms with Crippen LogP contribution in [-0.4, -0.2) is 6.04 Å². The van der Waals surface area contributed by atoms with Crippen LogP contribution in [0, 0.1) is 12.7 Å². The van der Waals surface area contributed by atoms with E-state index < -0.39 is 5.82 Å². The molecule has 0 spiro atoms. The number of nitrogens with two attached hydrogens (primary N) is 1. The van der Waals surface area contributed by atoms with Crippen LogP contribution in [-0.2, 0) is 6.42 Å². The second kappa shape index (κ2) is 6.25. The van der Waals surface area contributed by atoms with Gasteiger partial charge in [-0.3, -0.25) is 0 Å². The molecule has 0 heterocycles. The molecular weight excluding hydrogens is 277 g/mol. The molecule has 0 radical (unpaired) electrons. The fraction of sp³-hybridized carbons (Fsp3) is 0.250. The molecule has 0 aromatic heterocycles. The third kappa shape index (κ3) is 3.71. The molecule has 20 heavy (non-hydrogen) atoms. The Hall–Kier alpha value is -1.58. The molecule has 0 aliphatic rings. The summed E-state index contributed by atoms with van der Waals surface area (Å²) in [5.41, 5.74) is 7.99. The van der Waals surface area contributed by atoms with E-state index in [9.17, 15) is 4.39 Å². The van der Waals surface area contributed by atoms with Crippen LogP contribution in [0.5, 0.6) is 11.5 Å². The summed E-state index contributed by atoms with van der Waals surface area (Å²) < 4.78 is 19.2. The quantitative estimate of drug-likeness (QED) is 0.902. The summed E-state index contributed by atoms with van der Waals surface area (Å²) in [6, 6.07) is 10.3. The Morgan fingerprint density at radius 2 is 2.00 bits per heavy atom. The number of hydrogen-bond donors (Lipinski definition) is 1. The molecule has 0 aliphatic heterocycles. The molecule has 0 saturated carbocycles. The fourth-order valence-corrected chi connectivity index (χ4v) is 2.10. The largest absolute Gasteiger partial charge is 0.457 e. The first-order chi connectivity index (χ1) is 9.45. The normalized spacial score (nSPS) is 12.2. The second-order valence-electron chi connectivity index (χ2n) is 4.97. The van der Waals surface area contributed by atoms with Gasteiger partial charge < -0.3 is 10.5 Å². The monoisotopic (exact) mass is 293 g/mol. The maximum absolute atomic E-state index is 13.4. The summed E-state index contributed by atoms with van der Waals surface area (Å²) in [6.07, 6.45) is 0.701. The average molecular weight is 294 g/mol. The lowest BCUT2D eigenvalue weighted by atomic mass is 10.0. The highest BCUT2D eigenvalue weighted by molar-refractivity contribution is 6.30. The van der Waals surface area contributed by atoms with Crippen molar-refractivity contribution in [1.29, 1.82) is 0 Å². The van der Waals surface area contributed by atoms with Gasteiger partial charge in [-0.05, 0) is 44.0 Å². The van der Waals surface area contributed by atoms with Crippen LogP contribution in [0.2, 0.25) is 5.02 Å². The van der Waals surface area contributed by atoms with Crippen molar-refractivity contribution in [2.75, 3.05) is 0 Å². The van der Waals surface area contributed by atoms with E-state index in [1.165, 1.54) is 12.1 Å². The minimum absolute atomic E-state index is 0.0288. The Morgan fingerprint density at radius 1 is 1.25 bits per heavy atom. The van der Waals surface area contributed by atoms with Crippen LogP contribution < -0.4 is 10.5 Å². The molecule has 0 saturated heterocycles. The van der Waals surface area contributed by atoms with E-state index >= 15 is 0 Å². The minimum Gasteiger partial charge on any atom is -0.457 e. The molecule has 1 unspecified atom stereocenters. The number of hydrogen-bond acceptors (Lipinski definition) is 2. The van der Waals surface area contributed by atoms with Crippen molar-refractivity contribution in [3.8, 4) is 11.5 Å². The summed E-state index contributed by atoms with van der Waals surface area (Å²) in [6.45, 7) is 3.95. The van der Waals surface area contributed by atoms with E-state index in [1.807, 2.05) is 32.0 Å². The minimum atomic E-state index is -0.495. The predicted molar refractivity (Wildman–Crippen MR) is 80.0 cm³/mol. The summed E-state index contributed by atoms with van der Waals surface area (Å²) in [7, 11) is 0. The van der Waals surface area contributed by atoms with Gasteiger partial charge in [-0.15, -0.1) is 0 Å². The molecule has 1 atom stereocenters. The van der Waals surface area contributed by atoms with Crippen LogP contribution in [0.1, 0.15) is 18.1 Å². The average Bonchev–Trinajstić information content (AvgIpc) is 2.36. The highest BCUT2D eigenvalue weighted by atomic mass is 35.5. The van der Waals surface area contributed by atoms with Crippen molar-refractivity contribution in [1.82, 2.24) is 0 Å². The molecule has 0 amide bonds. The first-order valence-corrected chi connectivity index (χ1v) is 6.81. The van der Waals surface area contributed by atoms with Crippen molar-refractivity contribution in [2.45, 2.75) is 26.3 Å². The van der Waals surface area contributed by atoms with Crippen LogP contribution >= 0.6 is 11.6 Å². The Kier molecular flexibility index (Phi) is 4.63. The van der Waals surface area contributed by atoms with Gasteiger partial charge in [-0.1, -0.05) is 29.3 Å². The third-order valence-electron chi connectivity index (χ3n) is 2.88. The Balaban J connectivity index is 2.30. The number of aryl methyl sites for hydroxylation is 1. The highest BCUT2D eigenvalue weighted by Crippen LogP contribution is 2.29. The first kappa shape index (κ1) is 14.8. The number of halogens is 2. The lowest BCUT2D eigenvalue weighted by Crippen LogP contribution is -2.18. The zero-order valence-electron chi connectivity index (χ0n) is 11.5. The number of benzene rings is 2. The van der Waals surface area contributed by atoms with Crippen LogP contribution in [0.25, 0.3) is 0 Å². The molecule has 2 rings (SSSR count). The molecule has 4 heteroatoms. The molecule has 0 bridgehead atoms. The topological polar surface area (TPSA) is 35.2 Å². The van der Waals surface area contributed by atoms with Crippen LogP contribution in [0.15, 0.2) is 36.4 Å². The molecule has 0 aliphatic carbocycles. The SMILES string of the molecule is Cc1ccc(Oc2ccc(Cl)c(F)c2)c(CC(C)N)c1. The van der Waals surface area contributed by atoms with Crippen molar-refractivity contribution >= 4 is 11.6 Å². The molecule has 2 aromatic carbocycles. The van der Waals surface area contributed by atoms with Gasteiger partial charge in [0.05, 0.1) is 5.02 Å². The predicted octanol–water partition coefficient (Wildman–Crippen LogP) is 4.47. The van der Waals surface area contributed by atoms with Gasteiger partial charge in [0.1, 0.15) is 17.3 Å². The second-order valence-corrected chi connectivity index (χ2v) is 5.38. The van der Waals surface area contributed by atoms with E-state index in [0.29, 0.717) is 17.9 Å². The van der Waals surface area contributed by atoms with Crippen molar-refractivity contribution in [2.24, 2.45) is 5.73 Å². The zero-order valence-corrected chi connectivity index (χ0v) is 12.2. The summed E-state index contributed by atoms with van der Waals surface area (Å²) in [5.74, 6) is 0.612. The lowest BCUT2D eigenvalue weighted by molar-refractivity contribution is 0.468. The van der Waals surface area contributed by atoms with E-state index in [2.05, 4.69) is 0 Å². The van der Waals surface area contributed by atoms with E-state index in [4.69, 9.17) is 22.1 Å². The van der Waals surface area contributed by atoms with Crippen LogP contribution in [0.4, 0.5) is 4.39 Å². The van der Waals surface area contributed by atoms with Crippen molar-refractivity contribution in [3.63, 3.8) is 0 Å². The van der Waals surface area contributed by atoms with Gasteiger partial charge in [0, 0.05) is 12.1 Å². The molecule has 2 nitrogen and oxygen atoms in total. The summed E-state index contributed by atoms with van der Waals surface area (Å²) >= 11 is 5.66. The van der Waals surface area contributed by atoms with E-state index in [-0.39, 0.29) is 11.1 Å². The van der Waals surface area contributed by atoms with Crippen LogP contribution in [0.3, 0.4) is 0 Å². The molecule has 2 aromatic rings. The Labute approximate surface area is 123 Å². The number of ether oxygens (including phenoxy) is 1. The van der Waals surface area contributed by atoms with Gasteiger partial charge in [0.25, 0.3) is 0 Å². The summed E-state index contributed by atoms with van der Waals surface area (Å²) in [4.78, 5) is 0. The van der Waals surface area contributed by atoms with Gasteiger partial charge >= 0.3 is 0 Å². The van der Waals surface area contributed by atoms with Gasteiger partial charge in [-0.2, -0.15) is 0 Å². The zero-order chi connectivity index (χ0) is 14.7. The summed E-state index contributed by atoms with van der Waals surface area (Å²) in [5, 5.41) is 0.0806. The Morgan fingerprint density at radius 3 is 2.65 bits per heavy atom. The standard InChI is InChI=1S/C16H17ClFNO/c1-10-3-6-16(12(7-10)8-11(2)19)20-13-4-5-14(17)15(18)9-13/h3-7,9,11H,8,19H2,1-2H3. The third-order valence-corrected chi connectivity index (χ3v) is 3.18. The lowest BCUT2D eigenvalue weighted by Gasteiger charge is -2.14. The van der Waals surface area contributed by atoms with E-state index in [0.717, 1.165) is 11.1 Å². The van der Waals surface area contributed by atoms with Gasteiger partial charge in [0.2, 0.25) is 0 Å². The van der Waals surface area contributed by atoms with Gasteiger partial charge in [0.15, 0.2) is 0 Å². The fourth-order valence-electron chi connectivity index (χ4n) is 1.98. The Bertz CT molecular complexity index is 613. The number of rotatable bonds is 4. The maximum Gasteiger partial charge on any atom is 0.145 e. The van der Waals surface area contributed by atoms with Crippen molar-refractivity contribution in [3.05, 3.63) is 58.4 Å². The van der Waals surface area contributed by atoms with Gasteiger partial charge in [-0.25, -0.2) is 4.39 Å². The van der Waals surface area contributed by atoms with E-state index in [1.54, 1.807) is 6.07 Å². The highest BCUT2D eigenvalue weighted by Gasteiger charge is 2.09. The maximum atomic E-state index is 13.4. The molecule has 2 N–H and O–H groups in total. The first-order valence-electron chi connectivity index (χ1n) is 6.43. The smallest absolute Gasteiger partial charge is 0.145 e. The molecular formula is C16H17ClFNO.